The van der Waals surface area contributed by atoms with Crippen LogP contribution >= 0.6 is 11.3 Å². The Labute approximate surface area is 321 Å². The van der Waals surface area contributed by atoms with E-state index in [1.165, 1.54) is 24.2 Å². The largest absolute Gasteiger partial charge is 0.455 e. The maximum atomic E-state index is 13.8. The van der Waals surface area contributed by atoms with E-state index in [-0.39, 0.29) is 11.6 Å². The Bertz CT molecular complexity index is 2170. The van der Waals surface area contributed by atoms with Crippen molar-refractivity contribution in [3.8, 4) is 11.1 Å². The maximum Gasteiger partial charge on any atom is 0.358 e. The van der Waals surface area contributed by atoms with Crippen LogP contribution in [0.25, 0.3) is 21.3 Å². The van der Waals surface area contributed by atoms with Crippen molar-refractivity contribution >= 4 is 44.4 Å². The molecular formula is C43H50N6O4S. The van der Waals surface area contributed by atoms with E-state index in [0.717, 1.165) is 58.8 Å². The van der Waals surface area contributed by atoms with Gasteiger partial charge >= 0.3 is 5.97 Å². The monoisotopic (exact) mass is 746 g/mol. The minimum atomic E-state index is -0.696. The number of nitrogens with one attached hydrogen (secondary N) is 1. The highest BCUT2D eigenvalue weighted by molar-refractivity contribution is 7.22. The van der Waals surface area contributed by atoms with Crippen LogP contribution < -0.4 is 10.2 Å². The Morgan fingerprint density at radius 2 is 1.87 bits per heavy atom. The molecule has 4 atom stereocenters. The summed E-state index contributed by atoms with van der Waals surface area (Å²) in [5, 5.41) is 8.41. The average molecular weight is 747 g/mol. The number of thiazole rings is 1. The van der Waals surface area contributed by atoms with Crippen molar-refractivity contribution in [3.63, 3.8) is 0 Å². The fourth-order valence-corrected chi connectivity index (χ4v) is 10.1. The Balaban J connectivity index is 1.05. The molecule has 1 aliphatic heterocycles. The molecule has 2 aromatic carbocycles. The predicted molar refractivity (Wildman–Crippen MR) is 213 cm³/mol. The molecule has 5 aromatic rings. The molecule has 9 rings (SSSR count). The number of hydrogen-bond acceptors (Lipinski definition) is 9. The number of carbonyl (C=O) groups excluding carboxylic acids is 2. The number of amides is 1. The van der Waals surface area contributed by atoms with Gasteiger partial charge in [0.15, 0.2) is 10.8 Å². The van der Waals surface area contributed by atoms with Gasteiger partial charge in [-0.1, -0.05) is 49.4 Å². The summed E-state index contributed by atoms with van der Waals surface area (Å²) in [6.45, 7) is 13.3. The van der Waals surface area contributed by atoms with Crippen molar-refractivity contribution in [2.24, 2.45) is 29.1 Å². The number of rotatable bonds is 10. The van der Waals surface area contributed by atoms with Crippen LogP contribution in [0.2, 0.25) is 0 Å². The molecule has 3 aromatic heterocycles. The molecule has 0 saturated heterocycles. The van der Waals surface area contributed by atoms with E-state index in [0.29, 0.717) is 58.3 Å². The highest BCUT2D eigenvalue weighted by Crippen LogP contribution is 2.64. The number of carbonyl (C=O) groups is 2. The molecule has 1 amide bonds. The summed E-state index contributed by atoms with van der Waals surface area (Å²) >= 11 is 1.46. The van der Waals surface area contributed by atoms with E-state index in [2.05, 4.69) is 41.3 Å². The molecule has 4 aliphatic rings. The number of methoxy groups -OCH3 is 1. The second-order valence-corrected chi connectivity index (χ2v) is 17.9. The Kier molecular flexibility index (Phi) is 9.58. The summed E-state index contributed by atoms with van der Waals surface area (Å²) in [5.74, 6) is 2.59. The van der Waals surface area contributed by atoms with Crippen LogP contribution in [-0.2, 0) is 29.0 Å². The summed E-state index contributed by atoms with van der Waals surface area (Å²) in [7, 11) is 1.79. The van der Waals surface area contributed by atoms with Crippen LogP contribution in [0.4, 0.5) is 10.9 Å². The standard InChI is InChI=1S/C43H50N6O4S/c1-42(2,3)53-40(51)38-31(28-22-44-49(24-28)23-27-20-29-21-34(43(29,4)5)30(27)17-19-52-6)14-15-37(46-38)48-18-16-26-10-9-11-32(33(26)25-48)39(50)47-41-45-35-12-7-8-13-36(35)54-41/h7-15,22,24,27,29-30,34H,16-21,23,25H2,1-6H3,(H,45,47,50)/t27-,29+,30-,34+/m0/s1. The van der Waals surface area contributed by atoms with Crippen molar-refractivity contribution in [2.45, 2.75) is 79.0 Å². The average Bonchev–Trinajstić information content (AvgIpc) is 3.79. The Hall–Kier alpha value is -4.61. The Morgan fingerprint density at radius 3 is 2.65 bits per heavy atom. The molecule has 54 heavy (non-hydrogen) atoms. The molecule has 0 spiro atoms. The molecule has 4 heterocycles. The predicted octanol–water partition coefficient (Wildman–Crippen LogP) is 8.66. The van der Waals surface area contributed by atoms with Crippen LogP contribution in [-0.4, -0.2) is 57.5 Å². The lowest BCUT2D eigenvalue weighted by molar-refractivity contribution is -0.143. The number of fused-ring (bicyclic) bond motifs is 4. The summed E-state index contributed by atoms with van der Waals surface area (Å²) < 4.78 is 14.5. The molecule has 1 N–H and O–H groups in total. The quantitative estimate of drug-likeness (QED) is 0.141. The molecule has 10 nitrogen and oxygen atoms in total. The summed E-state index contributed by atoms with van der Waals surface area (Å²) in [6, 6.07) is 17.7. The van der Waals surface area contributed by atoms with Crippen molar-refractivity contribution in [3.05, 3.63) is 89.4 Å². The number of ether oxygens (including phenoxy) is 2. The van der Waals surface area contributed by atoms with E-state index in [1.54, 1.807) is 7.11 Å². The van der Waals surface area contributed by atoms with Gasteiger partial charge in [-0.25, -0.2) is 14.8 Å². The molecule has 0 radical (unpaired) electrons. The lowest BCUT2D eigenvalue weighted by Gasteiger charge is -2.63. The maximum absolute atomic E-state index is 13.8. The van der Waals surface area contributed by atoms with Crippen LogP contribution in [0.1, 0.15) is 85.9 Å². The van der Waals surface area contributed by atoms with Crippen LogP contribution in [0.15, 0.2) is 67.0 Å². The number of para-hydroxylation sites is 1. The SMILES string of the molecule is COCC[C@H]1[C@H](Cn2cc(-c3ccc(N4CCc5cccc(C(=O)Nc6nc7ccccc7s6)c5C4)nc3C(=O)OC(C)(C)C)cn2)C[C@@H]2C[C@H]1C2(C)C. The smallest absolute Gasteiger partial charge is 0.358 e. The zero-order chi connectivity index (χ0) is 37.8. The molecular weight excluding hydrogens is 697 g/mol. The third-order valence-corrected chi connectivity index (χ3v) is 13.1. The second-order valence-electron chi connectivity index (χ2n) is 16.9. The van der Waals surface area contributed by atoms with E-state index in [9.17, 15) is 9.59 Å². The number of nitrogens with zero attached hydrogens (tertiary/aromatic N) is 5. The molecule has 282 valence electrons. The van der Waals surface area contributed by atoms with Crippen molar-refractivity contribution < 1.29 is 19.1 Å². The van der Waals surface area contributed by atoms with Crippen molar-refractivity contribution in [2.75, 3.05) is 30.5 Å². The second kappa shape index (κ2) is 14.2. The first kappa shape index (κ1) is 36.4. The number of benzene rings is 2. The van der Waals surface area contributed by atoms with Gasteiger partial charge < -0.3 is 14.4 Å². The van der Waals surface area contributed by atoms with Crippen LogP contribution in [0.3, 0.4) is 0 Å². The van der Waals surface area contributed by atoms with E-state index in [1.807, 2.05) is 80.2 Å². The number of esters is 1. The molecule has 3 saturated carbocycles. The van der Waals surface area contributed by atoms with Gasteiger partial charge in [-0.2, -0.15) is 5.10 Å². The number of pyridine rings is 1. The van der Waals surface area contributed by atoms with Crippen molar-refractivity contribution in [1.82, 2.24) is 19.7 Å². The highest BCUT2D eigenvalue weighted by atomic mass is 32.1. The highest BCUT2D eigenvalue weighted by Gasteiger charge is 2.57. The minimum absolute atomic E-state index is 0.193. The zero-order valence-corrected chi connectivity index (χ0v) is 32.9. The Morgan fingerprint density at radius 1 is 1.04 bits per heavy atom. The lowest BCUT2D eigenvalue weighted by atomic mass is 9.43. The van der Waals surface area contributed by atoms with Gasteiger partial charge in [0.25, 0.3) is 5.91 Å². The normalized spacial score (nSPS) is 21.7. The minimum Gasteiger partial charge on any atom is -0.455 e. The third kappa shape index (κ3) is 7.04. The fraction of sp³-hybridized carbons (Fsp3) is 0.465. The van der Waals surface area contributed by atoms with Gasteiger partial charge in [-0.15, -0.1) is 0 Å². The van der Waals surface area contributed by atoms with Crippen LogP contribution in [0.5, 0.6) is 0 Å². The molecule has 3 fully saturated rings. The lowest BCUT2D eigenvalue weighted by Crippen LogP contribution is -2.56. The van der Waals surface area contributed by atoms with Gasteiger partial charge in [0.05, 0.1) is 16.4 Å². The number of anilines is 2. The van der Waals surface area contributed by atoms with Crippen molar-refractivity contribution in [1.29, 1.82) is 0 Å². The van der Waals surface area contributed by atoms with E-state index in [4.69, 9.17) is 19.6 Å². The first-order chi connectivity index (χ1) is 25.9. The molecule has 0 unspecified atom stereocenters. The topological polar surface area (TPSA) is 111 Å². The zero-order valence-electron chi connectivity index (χ0n) is 32.1. The summed E-state index contributed by atoms with van der Waals surface area (Å²) in [6.07, 6.45) is 8.23. The molecule has 3 aliphatic carbocycles. The van der Waals surface area contributed by atoms with E-state index < -0.39 is 11.6 Å². The van der Waals surface area contributed by atoms with Gasteiger partial charge in [0.1, 0.15) is 11.4 Å². The van der Waals surface area contributed by atoms with Gasteiger partial charge in [0.2, 0.25) is 0 Å². The van der Waals surface area contributed by atoms with Gasteiger partial charge in [0, 0.05) is 56.2 Å². The fourth-order valence-electron chi connectivity index (χ4n) is 9.21. The number of aromatic nitrogens is 4. The van der Waals surface area contributed by atoms with Gasteiger partial charge in [-0.05, 0) is 117 Å². The first-order valence-electron chi connectivity index (χ1n) is 19.2. The summed E-state index contributed by atoms with van der Waals surface area (Å²) in [4.78, 5) is 39.2. The van der Waals surface area contributed by atoms with Gasteiger partial charge in [-0.3, -0.25) is 14.8 Å². The van der Waals surface area contributed by atoms with E-state index >= 15 is 0 Å². The number of hydrogen-bond donors (Lipinski definition) is 1. The van der Waals surface area contributed by atoms with Crippen LogP contribution in [0, 0.1) is 29.1 Å². The third-order valence-electron chi connectivity index (χ3n) is 12.1. The first-order valence-corrected chi connectivity index (χ1v) is 20.0. The molecule has 11 heteroatoms. The summed E-state index contributed by atoms with van der Waals surface area (Å²) in [5.41, 5.74) is 5.02. The molecule has 2 bridgehead atoms.